The lowest BCUT2D eigenvalue weighted by Gasteiger charge is -2.32. The molecule has 1 aliphatic heterocycles. The third kappa shape index (κ3) is 4.64. The van der Waals surface area contributed by atoms with E-state index in [1.807, 2.05) is 35.4 Å². The van der Waals surface area contributed by atoms with E-state index in [1.165, 1.54) is 0 Å². The number of carbonyl (C=O) groups excluding carboxylic acids is 2. The van der Waals surface area contributed by atoms with Gasteiger partial charge < -0.3 is 20.4 Å². The molecule has 3 aromatic rings. The van der Waals surface area contributed by atoms with Crippen molar-refractivity contribution >= 4 is 49.2 Å². The fourth-order valence-electron chi connectivity index (χ4n) is 4.98. The van der Waals surface area contributed by atoms with Gasteiger partial charge >= 0.3 is 5.69 Å². The van der Waals surface area contributed by atoms with Crippen LogP contribution < -0.4 is 16.2 Å². The van der Waals surface area contributed by atoms with Crippen LogP contribution in [-0.4, -0.2) is 46.3 Å². The molecule has 2 atom stereocenters. The van der Waals surface area contributed by atoms with E-state index in [0.717, 1.165) is 5.56 Å². The molecule has 2 aromatic carbocycles. The van der Waals surface area contributed by atoms with E-state index in [2.05, 4.69) is 36.8 Å². The van der Waals surface area contributed by atoms with Crippen LogP contribution >= 0.6 is 31.9 Å². The highest BCUT2D eigenvalue weighted by Gasteiger charge is 2.50. The van der Waals surface area contributed by atoms with Gasteiger partial charge in [0.1, 0.15) is 5.75 Å². The molecule has 1 saturated heterocycles. The molecule has 36 heavy (non-hydrogen) atoms. The molecule has 1 saturated carbocycles. The minimum Gasteiger partial charge on any atom is -0.496 e. The van der Waals surface area contributed by atoms with E-state index < -0.39 is 0 Å². The molecule has 3 N–H and O–H groups in total. The summed E-state index contributed by atoms with van der Waals surface area (Å²) in [7, 11) is 1.60. The van der Waals surface area contributed by atoms with Crippen LogP contribution in [0.25, 0.3) is 11.3 Å². The molecule has 2 unspecified atom stereocenters. The number of likely N-dealkylation sites (tertiary alicyclic amines) is 1. The van der Waals surface area contributed by atoms with Crippen molar-refractivity contribution in [2.45, 2.75) is 25.3 Å². The van der Waals surface area contributed by atoms with Crippen molar-refractivity contribution in [3.63, 3.8) is 0 Å². The number of halogens is 2. The van der Waals surface area contributed by atoms with Gasteiger partial charge in [0.15, 0.2) is 5.78 Å². The third-order valence-electron chi connectivity index (χ3n) is 7.12. The van der Waals surface area contributed by atoms with Gasteiger partial charge in [0.25, 0.3) is 0 Å². The van der Waals surface area contributed by atoms with Gasteiger partial charge in [-0.1, -0.05) is 12.1 Å². The Morgan fingerprint density at radius 2 is 1.75 bits per heavy atom. The second-order valence-corrected chi connectivity index (χ2v) is 11.0. The van der Waals surface area contributed by atoms with Gasteiger partial charge in [-0.3, -0.25) is 14.2 Å². The topological polar surface area (TPSA) is 110 Å². The molecule has 5 rings (SSSR count). The first kappa shape index (κ1) is 24.8. The predicted molar refractivity (Wildman–Crippen MR) is 144 cm³/mol. The molecule has 2 heterocycles. The molecule has 2 fully saturated rings. The first-order chi connectivity index (χ1) is 17.3. The zero-order chi connectivity index (χ0) is 25.6. The van der Waals surface area contributed by atoms with Crippen molar-refractivity contribution in [1.29, 1.82) is 0 Å². The van der Waals surface area contributed by atoms with Gasteiger partial charge in [-0.25, -0.2) is 4.79 Å². The van der Waals surface area contributed by atoms with Crippen LogP contribution in [0.5, 0.6) is 5.75 Å². The van der Waals surface area contributed by atoms with Crippen LogP contribution in [0.4, 0.5) is 5.69 Å². The lowest BCUT2D eigenvalue weighted by molar-refractivity contribution is -0.134. The molecule has 2 aliphatic rings. The molecule has 1 aromatic heterocycles. The zero-order valence-electron chi connectivity index (χ0n) is 19.7. The van der Waals surface area contributed by atoms with Crippen LogP contribution in [0.2, 0.25) is 0 Å². The number of nitrogen functional groups attached to an aromatic ring is 1. The van der Waals surface area contributed by atoms with E-state index in [9.17, 15) is 14.4 Å². The molecule has 1 amide bonds. The highest BCUT2D eigenvalue weighted by Crippen LogP contribution is 2.44. The highest BCUT2D eigenvalue weighted by atomic mass is 79.9. The number of aromatic nitrogens is 2. The van der Waals surface area contributed by atoms with Crippen LogP contribution in [-0.2, 0) is 4.79 Å². The highest BCUT2D eigenvalue weighted by molar-refractivity contribution is 9.11. The molecule has 0 spiro atoms. The number of nitrogens with one attached hydrogen (secondary N) is 1. The normalized spacial score (nSPS) is 19.8. The maximum absolute atomic E-state index is 13.1. The molecule has 188 valence electrons. The number of carbonyl (C=O) groups is 2. The Kier molecular flexibility index (Phi) is 6.82. The number of imidazole rings is 1. The monoisotopic (exact) mass is 616 g/mol. The number of hydrogen-bond donors (Lipinski definition) is 2. The predicted octanol–water partition coefficient (Wildman–Crippen LogP) is 4.64. The molecule has 0 bridgehead atoms. The fourth-order valence-corrected chi connectivity index (χ4v) is 6.17. The van der Waals surface area contributed by atoms with Crippen molar-refractivity contribution in [3.8, 4) is 17.0 Å². The summed E-state index contributed by atoms with van der Waals surface area (Å²) in [5.41, 5.74) is 8.37. The molecular formula is C26H26Br2N4O4. The maximum Gasteiger partial charge on any atom is 0.326 e. The minimum atomic E-state index is -0.298. The second-order valence-electron chi connectivity index (χ2n) is 9.30. The van der Waals surface area contributed by atoms with Crippen LogP contribution in [0.3, 0.4) is 0 Å². The van der Waals surface area contributed by atoms with Gasteiger partial charge in [-0.15, -0.1) is 0 Å². The number of benzene rings is 2. The molecular weight excluding hydrogens is 592 g/mol. The Labute approximate surface area is 225 Å². The fraction of sp³-hybridized carbons (Fsp3) is 0.346. The largest absolute Gasteiger partial charge is 0.496 e. The second kappa shape index (κ2) is 9.89. The number of hydrogen-bond acceptors (Lipinski definition) is 5. The summed E-state index contributed by atoms with van der Waals surface area (Å²) in [6.07, 6.45) is 3.76. The van der Waals surface area contributed by atoms with E-state index in [4.69, 9.17) is 10.5 Å². The number of ketones is 1. The van der Waals surface area contributed by atoms with Crippen molar-refractivity contribution in [2.75, 3.05) is 25.9 Å². The number of aromatic amines is 1. The number of Topliss-reactive ketones (excluding diaryl/α,β-unsaturated/α-hetero) is 1. The number of nitrogens with two attached hydrogens (primary N) is 1. The Morgan fingerprint density at radius 1 is 1.08 bits per heavy atom. The number of H-pyrrole nitrogens is 1. The van der Waals surface area contributed by atoms with Gasteiger partial charge in [-0.05, 0) is 75.4 Å². The number of amides is 1. The SMILES string of the molecule is COc1ccccc1-c1cn(C2CCN(C(=O)C3CC3C(=O)c3cc(Br)c(N)c(Br)c3)CC2)c(=O)[nH]1. The molecule has 0 radical (unpaired) electrons. The summed E-state index contributed by atoms with van der Waals surface area (Å²) < 4.78 is 8.45. The number of piperidine rings is 1. The van der Waals surface area contributed by atoms with Crippen LogP contribution in [0.15, 0.2) is 56.3 Å². The number of para-hydroxylation sites is 1. The van der Waals surface area contributed by atoms with E-state index in [1.54, 1.807) is 23.8 Å². The summed E-state index contributed by atoms with van der Waals surface area (Å²) >= 11 is 6.76. The van der Waals surface area contributed by atoms with Gasteiger partial charge in [0.05, 0.1) is 18.5 Å². The summed E-state index contributed by atoms with van der Waals surface area (Å²) in [6.45, 7) is 1.11. The number of anilines is 1. The van der Waals surface area contributed by atoms with Crippen LogP contribution in [0.1, 0.15) is 35.7 Å². The van der Waals surface area contributed by atoms with E-state index >= 15 is 0 Å². The lowest BCUT2D eigenvalue weighted by Crippen LogP contribution is -2.41. The van der Waals surface area contributed by atoms with Crippen molar-refractivity contribution in [2.24, 2.45) is 11.8 Å². The Balaban J connectivity index is 1.21. The summed E-state index contributed by atoms with van der Waals surface area (Å²) in [5.74, 6) is 0.104. The number of methoxy groups -OCH3 is 1. The first-order valence-corrected chi connectivity index (χ1v) is 13.4. The zero-order valence-corrected chi connectivity index (χ0v) is 22.8. The Bertz CT molecular complexity index is 1370. The third-order valence-corrected chi connectivity index (χ3v) is 8.43. The van der Waals surface area contributed by atoms with E-state index in [0.29, 0.717) is 64.0 Å². The van der Waals surface area contributed by atoms with Crippen LogP contribution in [0, 0.1) is 11.8 Å². The van der Waals surface area contributed by atoms with Gasteiger partial charge in [0, 0.05) is 57.2 Å². The lowest BCUT2D eigenvalue weighted by atomic mass is 10.0. The van der Waals surface area contributed by atoms with Crippen molar-refractivity contribution in [3.05, 3.63) is 67.6 Å². The number of ether oxygens (including phenoxy) is 1. The minimum absolute atomic E-state index is 0.00219. The van der Waals surface area contributed by atoms with Gasteiger partial charge in [-0.2, -0.15) is 0 Å². The Morgan fingerprint density at radius 3 is 2.42 bits per heavy atom. The standard InChI is InChI=1S/C26H26Br2N4O4/c1-36-22-5-3-2-4-16(22)21-13-32(26(35)30-21)15-6-8-31(9-7-15)25(34)18-12-17(18)24(33)14-10-19(27)23(29)20(28)11-14/h2-5,10-11,13,15,17-18H,6-9,12,29H2,1H3,(H,30,35). The maximum atomic E-state index is 13.1. The summed E-state index contributed by atoms with van der Waals surface area (Å²) in [5, 5.41) is 0. The quantitative estimate of drug-likeness (QED) is 0.309. The summed E-state index contributed by atoms with van der Waals surface area (Å²) in [4.78, 5) is 43.5. The first-order valence-electron chi connectivity index (χ1n) is 11.8. The molecule has 8 nitrogen and oxygen atoms in total. The Hall–Kier alpha value is -2.85. The number of rotatable bonds is 6. The van der Waals surface area contributed by atoms with Gasteiger partial charge in [0.2, 0.25) is 5.91 Å². The summed E-state index contributed by atoms with van der Waals surface area (Å²) in [6, 6.07) is 11.0. The average molecular weight is 618 g/mol. The van der Waals surface area contributed by atoms with E-state index in [-0.39, 0.29) is 35.3 Å². The molecule has 10 heteroatoms. The molecule has 1 aliphatic carbocycles. The van der Waals surface area contributed by atoms with Crippen molar-refractivity contribution in [1.82, 2.24) is 14.5 Å². The smallest absolute Gasteiger partial charge is 0.326 e. The number of nitrogens with zero attached hydrogens (tertiary/aromatic N) is 2. The average Bonchev–Trinajstić information content (AvgIpc) is 3.60. The van der Waals surface area contributed by atoms with Crippen molar-refractivity contribution < 1.29 is 14.3 Å².